The molecule has 0 aromatic rings. The van der Waals surface area contributed by atoms with E-state index in [4.69, 9.17) is 4.74 Å². The Bertz CT molecular complexity index is 246. The lowest BCUT2D eigenvalue weighted by molar-refractivity contribution is -0.146. The van der Waals surface area contributed by atoms with E-state index in [-0.39, 0.29) is 12.0 Å². The molecule has 17 heavy (non-hydrogen) atoms. The molecule has 0 aromatic heterocycles. The van der Waals surface area contributed by atoms with Crippen LogP contribution in [0.2, 0.25) is 0 Å². The number of amides is 1. The third kappa shape index (κ3) is 3.42. The Morgan fingerprint density at radius 2 is 2.24 bits per heavy atom. The van der Waals surface area contributed by atoms with Gasteiger partial charge in [0.1, 0.15) is 6.10 Å². The summed E-state index contributed by atoms with van der Waals surface area (Å²) in [5.41, 5.74) is 0. The minimum Gasteiger partial charge on any atom is -0.368 e. The molecule has 2 atom stereocenters. The molecule has 0 radical (unpaired) electrons. The molecule has 2 saturated heterocycles. The van der Waals surface area contributed by atoms with Gasteiger partial charge in [0.05, 0.1) is 0 Å². The van der Waals surface area contributed by atoms with Gasteiger partial charge in [0.2, 0.25) is 0 Å². The second-order valence-corrected chi connectivity index (χ2v) is 5.03. The first-order chi connectivity index (χ1) is 8.31. The highest BCUT2D eigenvalue weighted by Gasteiger charge is 2.28. The van der Waals surface area contributed by atoms with Crippen molar-refractivity contribution < 1.29 is 9.53 Å². The zero-order chi connectivity index (χ0) is 12.1. The van der Waals surface area contributed by atoms with Gasteiger partial charge in [-0.1, -0.05) is 0 Å². The second kappa shape index (κ2) is 6.36. The average Bonchev–Trinajstić information content (AvgIpc) is 2.89. The summed E-state index contributed by atoms with van der Waals surface area (Å²) in [4.78, 5) is 14.2. The quantitative estimate of drug-likeness (QED) is 0.801. The Balaban J connectivity index is 1.84. The van der Waals surface area contributed by atoms with Gasteiger partial charge in [-0.15, -0.1) is 0 Å². The molecule has 0 spiro atoms. The van der Waals surface area contributed by atoms with Crippen LogP contribution in [0.15, 0.2) is 0 Å². The van der Waals surface area contributed by atoms with Gasteiger partial charge in [0, 0.05) is 25.7 Å². The van der Waals surface area contributed by atoms with E-state index in [1.54, 1.807) is 0 Å². The number of likely N-dealkylation sites (N-methyl/N-ethyl adjacent to an activating group) is 1. The Morgan fingerprint density at radius 3 is 2.82 bits per heavy atom. The van der Waals surface area contributed by atoms with Crippen LogP contribution in [0.25, 0.3) is 0 Å². The van der Waals surface area contributed by atoms with E-state index in [9.17, 15) is 4.79 Å². The van der Waals surface area contributed by atoms with Crippen LogP contribution >= 0.6 is 0 Å². The van der Waals surface area contributed by atoms with Crippen molar-refractivity contribution in [3.63, 3.8) is 0 Å². The smallest absolute Gasteiger partial charge is 0.251 e. The number of hydrogen-bond acceptors (Lipinski definition) is 3. The lowest BCUT2D eigenvalue weighted by Crippen LogP contribution is -2.46. The first kappa shape index (κ1) is 12.8. The van der Waals surface area contributed by atoms with E-state index >= 15 is 0 Å². The summed E-state index contributed by atoms with van der Waals surface area (Å²) in [7, 11) is 0. The van der Waals surface area contributed by atoms with Crippen molar-refractivity contribution >= 4 is 5.91 Å². The van der Waals surface area contributed by atoms with E-state index in [0.29, 0.717) is 6.04 Å². The Labute approximate surface area is 104 Å². The molecule has 2 aliphatic rings. The molecule has 0 aromatic carbocycles. The summed E-state index contributed by atoms with van der Waals surface area (Å²) >= 11 is 0. The number of ether oxygens (including phenoxy) is 1. The number of carbonyl (C=O) groups is 1. The molecule has 2 fully saturated rings. The maximum Gasteiger partial charge on any atom is 0.251 e. The molecule has 0 saturated carbocycles. The van der Waals surface area contributed by atoms with E-state index in [1.165, 1.54) is 12.8 Å². The molecule has 2 heterocycles. The largest absolute Gasteiger partial charge is 0.368 e. The maximum atomic E-state index is 12.3. The average molecular weight is 240 g/mol. The van der Waals surface area contributed by atoms with Crippen molar-refractivity contribution in [2.45, 2.75) is 51.2 Å². The molecule has 0 aliphatic carbocycles. The topological polar surface area (TPSA) is 41.6 Å². The first-order valence-corrected chi connectivity index (χ1v) is 6.95. The highest BCUT2D eigenvalue weighted by atomic mass is 16.5. The van der Waals surface area contributed by atoms with E-state index in [2.05, 4.69) is 12.2 Å². The molecule has 98 valence electrons. The summed E-state index contributed by atoms with van der Waals surface area (Å²) < 4.78 is 5.58. The summed E-state index contributed by atoms with van der Waals surface area (Å²) in [6.07, 6.45) is 5.36. The molecule has 2 aliphatic heterocycles. The second-order valence-electron chi connectivity index (χ2n) is 5.03. The molecule has 1 amide bonds. The molecular weight excluding hydrogens is 216 g/mol. The molecule has 1 N–H and O–H groups in total. The van der Waals surface area contributed by atoms with Crippen LogP contribution < -0.4 is 5.32 Å². The molecule has 2 rings (SSSR count). The molecular formula is C13H24N2O2. The molecule has 0 bridgehead atoms. The highest BCUT2D eigenvalue weighted by molar-refractivity contribution is 5.81. The number of nitrogens with one attached hydrogen (secondary N) is 1. The zero-order valence-corrected chi connectivity index (χ0v) is 10.8. The van der Waals surface area contributed by atoms with Crippen LogP contribution in [0, 0.1) is 0 Å². The SMILES string of the molecule is CCN(CC1CCCN1)C(=O)C1CCCCO1. The predicted octanol–water partition coefficient (Wildman–Crippen LogP) is 1.16. The van der Waals surface area contributed by atoms with Crippen LogP contribution in [0.3, 0.4) is 0 Å². The van der Waals surface area contributed by atoms with Crippen molar-refractivity contribution in [2.75, 3.05) is 26.2 Å². The standard InChI is InChI=1S/C13H24N2O2/c1-2-15(10-11-6-5-8-14-11)13(16)12-7-3-4-9-17-12/h11-12,14H,2-10H2,1H3. The third-order valence-electron chi connectivity index (χ3n) is 3.75. The maximum absolute atomic E-state index is 12.3. The Morgan fingerprint density at radius 1 is 1.35 bits per heavy atom. The van der Waals surface area contributed by atoms with Gasteiger partial charge in [-0.2, -0.15) is 0 Å². The van der Waals surface area contributed by atoms with Crippen molar-refractivity contribution in [1.82, 2.24) is 10.2 Å². The summed E-state index contributed by atoms with van der Waals surface area (Å²) in [6, 6.07) is 0.488. The van der Waals surface area contributed by atoms with Crippen molar-refractivity contribution in [3.05, 3.63) is 0 Å². The highest BCUT2D eigenvalue weighted by Crippen LogP contribution is 2.16. The lowest BCUT2D eigenvalue weighted by Gasteiger charge is -2.30. The van der Waals surface area contributed by atoms with Crippen LogP contribution in [-0.2, 0) is 9.53 Å². The van der Waals surface area contributed by atoms with E-state index in [0.717, 1.165) is 45.5 Å². The van der Waals surface area contributed by atoms with Crippen molar-refractivity contribution in [1.29, 1.82) is 0 Å². The van der Waals surface area contributed by atoms with Gasteiger partial charge in [0.15, 0.2) is 0 Å². The van der Waals surface area contributed by atoms with Crippen molar-refractivity contribution in [3.8, 4) is 0 Å². The fourth-order valence-corrected chi connectivity index (χ4v) is 2.69. The van der Waals surface area contributed by atoms with Gasteiger partial charge in [-0.25, -0.2) is 0 Å². The first-order valence-electron chi connectivity index (χ1n) is 6.95. The fraction of sp³-hybridized carbons (Fsp3) is 0.923. The van der Waals surface area contributed by atoms with Crippen molar-refractivity contribution in [2.24, 2.45) is 0 Å². The van der Waals surface area contributed by atoms with Crippen LogP contribution in [-0.4, -0.2) is 49.2 Å². The normalized spacial score (nSPS) is 29.2. The van der Waals surface area contributed by atoms with Gasteiger partial charge >= 0.3 is 0 Å². The van der Waals surface area contributed by atoms with Crippen LogP contribution in [0.5, 0.6) is 0 Å². The molecule has 2 unspecified atom stereocenters. The van der Waals surface area contributed by atoms with Crippen LogP contribution in [0.4, 0.5) is 0 Å². The van der Waals surface area contributed by atoms with Gasteiger partial charge < -0.3 is 15.0 Å². The van der Waals surface area contributed by atoms with Gasteiger partial charge in [0.25, 0.3) is 5.91 Å². The monoisotopic (exact) mass is 240 g/mol. The Hall–Kier alpha value is -0.610. The van der Waals surface area contributed by atoms with E-state index < -0.39 is 0 Å². The number of hydrogen-bond donors (Lipinski definition) is 1. The molecule has 4 heteroatoms. The van der Waals surface area contributed by atoms with E-state index in [1.807, 2.05) is 4.90 Å². The van der Waals surface area contributed by atoms with Gasteiger partial charge in [-0.05, 0) is 45.6 Å². The number of rotatable bonds is 4. The molecule has 4 nitrogen and oxygen atoms in total. The van der Waals surface area contributed by atoms with Gasteiger partial charge in [-0.3, -0.25) is 4.79 Å². The number of nitrogens with zero attached hydrogens (tertiary/aromatic N) is 1. The minimum atomic E-state index is -0.176. The summed E-state index contributed by atoms with van der Waals surface area (Å²) in [5, 5.41) is 3.44. The zero-order valence-electron chi connectivity index (χ0n) is 10.8. The minimum absolute atomic E-state index is 0.176. The third-order valence-corrected chi connectivity index (χ3v) is 3.75. The van der Waals surface area contributed by atoms with Crippen LogP contribution in [0.1, 0.15) is 39.0 Å². The fourth-order valence-electron chi connectivity index (χ4n) is 2.69. The predicted molar refractivity (Wildman–Crippen MR) is 66.9 cm³/mol. The lowest BCUT2D eigenvalue weighted by atomic mass is 10.1. The number of carbonyl (C=O) groups excluding carboxylic acids is 1. The summed E-state index contributed by atoms with van der Waals surface area (Å²) in [6.45, 7) is 5.52. The Kier molecular flexibility index (Phi) is 4.80. The summed E-state index contributed by atoms with van der Waals surface area (Å²) in [5.74, 6) is 0.195.